The van der Waals surface area contributed by atoms with Crippen LogP contribution in [0.15, 0.2) is 47.1 Å². The molecule has 0 fully saturated rings. The van der Waals surface area contributed by atoms with E-state index in [0.717, 1.165) is 16.2 Å². The van der Waals surface area contributed by atoms with Gasteiger partial charge in [-0.25, -0.2) is 4.99 Å². The molecule has 0 spiro atoms. The lowest BCUT2D eigenvalue weighted by Crippen LogP contribution is -2.28. The van der Waals surface area contributed by atoms with E-state index in [2.05, 4.69) is 21.5 Å². The number of nitriles is 1. The summed E-state index contributed by atoms with van der Waals surface area (Å²) in [5, 5.41) is 9.49. The molecule has 2 N–H and O–H groups in total. The molecule has 27 heavy (non-hydrogen) atoms. The summed E-state index contributed by atoms with van der Waals surface area (Å²) in [6, 6.07) is 6.98. The molecule has 2 aromatic rings. The molecule has 136 valence electrons. The molecule has 3 rings (SSSR count). The van der Waals surface area contributed by atoms with Gasteiger partial charge < -0.3 is 5.73 Å². The lowest BCUT2D eigenvalue weighted by atomic mass is 9.92. The predicted octanol–water partition coefficient (Wildman–Crippen LogP) is 3.61. The molecule has 0 bridgehead atoms. The van der Waals surface area contributed by atoms with Crippen molar-refractivity contribution in [1.29, 1.82) is 5.26 Å². The van der Waals surface area contributed by atoms with Crippen LogP contribution in [0.3, 0.4) is 0 Å². The summed E-state index contributed by atoms with van der Waals surface area (Å²) in [4.78, 5) is 26.5. The van der Waals surface area contributed by atoms with Crippen LogP contribution in [0.4, 0.5) is 0 Å². The molecule has 0 radical (unpaired) electrons. The highest BCUT2D eigenvalue weighted by atomic mass is 35.5. The van der Waals surface area contributed by atoms with Crippen molar-refractivity contribution in [1.82, 2.24) is 9.97 Å². The molecular formula is C19H16ClN5OS. The van der Waals surface area contributed by atoms with E-state index in [0.29, 0.717) is 17.2 Å². The number of hydrogen-bond donors (Lipinski definition) is 1. The van der Waals surface area contributed by atoms with Gasteiger partial charge in [0.05, 0.1) is 16.3 Å². The Hall–Kier alpha value is -2.69. The summed E-state index contributed by atoms with van der Waals surface area (Å²) in [5.41, 5.74) is 7.22. The highest BCUT2D eigenvalue weighted by Crippen LogP contribution is 2.39. The Morgan fingerprint density at radius 1 is 1.48 bits per heavy atom. The van der Waals surface area contributed by atoms with E-state index in [1.165, 1.54) is 24.0 Å². The third-order valence-corrected chi connectivity index (χ3v) is 5.14. The van der Waals surface area contributed by atoms with Gasteiger partial charge in [-0.3, -0.25) is 14.8 Å². The van der Waals surface area contributed by atoms with Crippen LogP contribution in [-0.4, -0.2) is 20.9 Å². The number of halogens is 1. The van der Waals surface area contributed by atoms with Gasteiger partial charge in [0, 0.05) is 25.2 Å². The zero-order valence-electron chi connectivity index (χ0n) is 14.6. The van der Waals surface area contributed by atoms with E-state index in [4.69, 9.17) is 22.6 Å². The number of thioether (sulfide) groups is 1. The lowest BCUT2D eigenvalue weighted by molar-refractivity contribution is 0.0988. The molecule has 0 saturated heterocycles. The van der Waals surface area contributed by atoms with E-state index in [9.17, 15) is 4.79 Å². The number of Topliss-reactive ketones (excluding diaryl/α,β-unsaturated/α-hetero) is 1. The molecule has 3 heterocycles. The maximum absolute atomic E-state index is 12.6. The number of aromatic nitrogens is 2. The van der Waals surface area contributed by atoms with Crippen LogP contribution in [0.1, 0.15) is 40.7 Å². The molecule has 1 aliphatic rings. The van der Waals surface area contributed by atoms with Gasteiger partial charge >= 0.3 is 0 Å². The van der Waals surface area contributed by atoms with Gasteiger partial charge in [0.1, 0.15) is 17.3 Å². The first-order valence-corrected chi connectivity index (χ1v) is 9.25. The third kappa shape index (κ3) is 4.18. The van der Waals surface area contributed by atoms with Crippen LogP contribution in [-0.2, 0) is 12.0 Å². The zero-order chi connectivity index (χ0) is 19.6. The number of nitrogens with zero attached hydrogens (tertiary/aromatic N) is 4. The Bertz CT molecular complexity index is 1010. The summed E-state index contributed by atoms with van der Waals surface area (Å²) in [6.45, 7) is 5.94. The normalized spacial score (nSPS) is 19.3. The van der Waals surface area contributed by atoms with Crippen molar-refractivity contribution in [2.24, 2.45) is 10.7 Å². The Morgan fingerprint density at radius 3 is 2.93 bits per heavy atom. The zero-order valence-corrected chi connectivity index (χ0v) is 16.1. The number of nitrogens with two attached hydrogens (primary N) is 1. The van der Waals surface area contributed by atoms with Crippen LogP contribution >= 0.6 is 23.4 Å². The summed E-state index contributed by atoms with van der Waals surface area (Å²) < 4.78 is 0. The van der Waals surface area contributed by atoms with Crippen molar-refractivity contribution < 1.29 is 4.79 Å². The van der Waals surface area contributed by atoms with Crippen LogP contribution < -0.4 is 5.73 Å². The van der Waals surface area contributed by atoms with Crippen LogP contribution in [0, 0.1) is 11.3 Å². The summed E-state index contributed by atoms with van der Waals surface area (Å²) >= 11 is 7.45. The third-order valence-electron chi connectivity index (χ3n) is 4.12. The number of ketones is 1. The molecule has 0 amide bonds. The molecule has 1 aliphatic heterocycles. The van der Waals surface area contributed by atoms with Gasteiger partial charge in [-0.2, -0.15) is 5.26 Å². The van der Waals surface area contributed by atoms with Gasteiger partial charge in [0.2, 0.25) is 0 Å². The van der Waals surface area contributed by atoms with Gasteiger partial charge in [-0.15, -0.1) is 0 Å². The minimum Gasteiger partial charge on any atom is -0.378 e. The fourth-order valence-electron chi connectivity index (χ4n) is 2.87. The fraction of sp³-hybridized carbons (Fsp3) is 0.211. The number of rotatable bonds is 4. The summed E-state index contributed by atoms with van der Waals surface area (Å²) in [6.07, 6.45) is 3.71. The number of hydrogen-bond acceptors (Lipinski definition) is 7. The van der Waals surface area contributed by atoms with Gasteiger partial charge in [-0.05, 0) is 35.6 Å². The van der Waals surface area contributed by atoms with Crippen molar-refractivity contribution in [3.8, 4) is 6.07 Å². The van der Waals surface area contributed by atoms with Crippen molar-refractivity contribution in [3.05, 3.63) is 69.6 Å². The topological polar surface area (TPSA) is 105 Å². The van der Waals surface area contributed by atoms with Crippen molar-refractivity contribution in [2.75, 3.05) is 0 Å². The molecule has 6 nitrogen and oxygen atoms in total. The number of amidine groups is 1. The predicted molar refractivity (Wildman–Crippen MR) is 107 cm³/mol. The van der Waals surface area contributed by atoms with E-state index < -0.39 is 5.54 Å². The van der Waals surface area contributed by atoms with E-state index >= 15 is 0 Å². The highest BCUT2D eigenvalue weighted by molar-refractivity contribution is 8.17. The smallest absolute Gasteiger partial charge is 0.187 e. The van der Waals surface area contributed by atoms with Gasteiger partial charge in [0.25, 0.3) is 0 Å². The van der Waals surface area contributed by atoms with Gasteiger partial charge in [0.15, 0.2) is 11.0 Å². The molecule has 2 aromatic heterocycles. The Morgan fingerprint density at radius 2 is 2.26 bits per heavy atom. The molecular weight excluding hydrogens is 382 g/mol. The first-order valence-electron chi connectivity index (χ1n) is 8.06. The van der Waals surface area contributed by atoms with Crippen molar-refractivity contribution in [2.45, 2.75) is 25.3 Å². The molecule has 0 aromatic carbocycles. The highest BCUT2D eigenvalue weighted by Gasteiger charge is 2.33. The maximum atomic E-state index is 12.6. The number of carbonyl (C=O) groups is 1. The Balaban J connectivity index is 1.86. The second-order valence-corrected chi connectivity index (χ2v) is 7.96. The largest absolute Gasteiger partial charge is 0.378 e. The summed E-state index contributed by atoms with van der Waals surface area (Å²) in [7, 11) is 0. The van der Waals surface area contributed by atoms with Crippen molar-refractivity contribution in [3.63, 3.8) is 0 Å². The first-order chi connectivity index (χ1) is 12.8. The molecule has 0 unspecified atom stereocenters. The molecule has 0 aliphatic carbocycles. The van der Waals surface area contributed by atoms with Gasteiger partial charge in [-0.1, -0.05) is 29.9 Å². The average molecular weight is 398 g/mol. The summed E-state index contributed by atoms with van der Waals surface area (Å²) in [5.74, 6) is -0.238. The maximum Gasteiger partial charge on any atom is 0.187 e. The van der Waals surface area contributed by atoms with E-state index in [1.807, 2.05) is 19.1 Å². The molecule has 0 saturated carbocycles. The second kappa shape index (κ2) is 7.51. The van der Waals surface area contributed by atoms with E-state index in [-0.39, 0.29) is 22.9 Å². The van der Waals surface area contributed by atoms with Crippen LogP contribution in [0.25, 0.3) is 0 Å². The minimum atomic E-state index is -0.615. The second-order valence-electron chi connectivity index (χ2n) is 6.36. The lowest BCUT2D eigenvalue weighted by Gasteiger charge is -2.30. The van der Waals surface area contributed by atoms with E-state index in [1.54, 1.807) is 12.3 Å². The fourth-order valence-corrected chi connectivity index (χ4v) is 4.04. The number of carbonyl (C=O) groups excluding carboxylic acids is 1. The van der Waals surface area contributed by atoms with Crippen molar-refractivity contribution >= 4 is 34.3 Å². The van der Waals surface area contributed by atoms with Crippen LogP contribution in [0.2, 0.25) is 5.02 Å². The number of pyridine rings is 2. The SMILES string of the molecule is C=C1C[C@@](C)(c2cc(CC(=O)c3ncc(C#N)cc3Cl)ccn2)N=C(N)S1. The quantitative estimate of drug-likeness (QED) is 0.790. The average Bonchev–Trinajstić information content (AvgIpc) is 2.60. The Labute approximate surface area is 166 Å². The minimum absolute atomic E-state index is 0.110. The Kier molecular flexibility index (Phi) is 5.31. The first kappa shape index (κ1) is 19.1. The van der Waals surface area contributed by atoms with Crippen LogP contribution in [0.5, 0.6) is 0 Å². The number of aliphatic imine (C=N–C) groups is 1. The molecule has 8 heteroatoms. The molecule has 1 atom stereocenters. The monoisotopic (exact) mass is 397 g/mol. The standard InChI is InChI=1S/C19H16ClN5OS/c1-11-8-19(2,25-18(22)27-11)16-7-12(3-4-23-16)6-15(26)17-14(20)5-13(9-21)10-24-17/h3-5,7,10H,1,6,8H2,2H3,(H2,22,25)/t19-/m0/s1.